The third kappa shape index (κ3) is 13.5. The number of nitrogens with one attached hydrogen (secondary N) is 3. The number of carbonyl (C=O) groups excluding carboxylic acids is 3. The molecule has 0 aliphatic carbocycles. The molecule has 0 saturated carbocycles. The molecule has 19 N–H and O–H groups in total. The molecule has 0 aromatic carbocycles. The number of hydrogen-bond acceptors (Lipinski definition) is 30. The average Bonchev–Trinajstić information content (AvgIpc) is 3.36. The Labute approximate surface area is 430 Å². The summed E-state index contributed by atoms with van der Waals surface area (Å²) in [5.74, 6) is -4.28. The topological polar surface area (TPSA) is 530 Å². The van der Waals surface area contributed by atoms with E-state index in [0.29, 0.717) is 0 Å². The van der Waals surface area contributed by atoms with Gasteiger partial charge in [-0.2, -0.15) is 0 Å². The maximum atomic E-state index is 13.0. The lowest BCUT2D eigenvalue weighted by Gasteiger charge is -2.51. The maximum Gasteiger partial charge on any atom is 0.335 e. The lowest BCUT2D eigenvalue weighted by Crippen LogP contribution is -2.71. The van der Waals surface area contributed by atoms with E-state index in [9.17, 15) is 101 Å². The van der Waals surface area contributed by atoms with Crippen LogP contribution in [0.25, 0.3) is 0 Å². The van der Waals surface area contributed by atoms with Gasteiger partial charge >= 0.3 is 5.97 Å². The molecule has 0 bridgehead atoms. The summed E-state index contributed by atoms with van der Waals surface area (Å²) in [4.78, 5) is 49.6. The van der Waals surface area contributed by atoms with Crippen molar-refractivity contribution in [2.24, 2.45) is 0 Å². The van der Waals surface area contributed by atoms with Crippen molar-refractivity contribution in [1.82, 2.24) is 16.0 Å². The molecule has 34 heteroatoms. The number of carboxylic acids is 1. The highest BCUT2D eigenvalue weighted by Crippen LogP contribution is 2.36. The van der Waals surface area contributed by atoms with E-state index in [4.69, 9.17) is 52.1 Å². The van der Waals surface area contributed by atoms with Gasteiger partial charge in [-0.3, -0.25) is 14.4 Å². The minimum atomic E-state index is -2.26. The standard InChI is InChI=1S/C42H69N3O31/c1-9-20(52)25(57)28(60)40(67-9)72-31-15(7-48)71-38(19(45-12(4)51)33(31)74-39-17(43-10(2)49)24(56)21(53)13(5-46)69-39)66-8-16-23(55)32(18(37(65)68-16)44-11(3)50)73-42-30(62)34(22(54)14(6-47)70-42)75-41-29(61)26(58)27(59)35(76-41)36(63)64/h9,13-35,37-42,46-48,52-62,65H,5-8H2,1-4H3,(H,43,49)(H,44,50)(H,45,51)(H,63,64)/t9-,13+,14+,15+,16+,17+,18+,19+,20+,21+,22-,23-,24+,25+,26-,27-,28-,29+,30+,31+,32+,33+,34-,35-,37-,38+,39-,40-,41+,42-/m0/s1. The van der Waals surface area contributed by atoms with Crippen molar-refractivity contribution in [3.05, 3.63) is 0 Å². The molecule has 6 fully saturated rings. The molecule has 76 heavy (non-hydrogen) atoms. The van der Waals surface area contributed by atoms with E-state index in [0.717, 1.165) is 20.8 Å². The first-order chi connectivity index (χ1) is 35.7. The largest absolute Gasteiger partial charge is 0.479 e. The molecule has 6 aliphatic rings. The third-order valence-corrected chi connectivity index (χ3v) is 13.5. The van der Waals surface area contributed by atoms with E-state index < -0.39 is 234 Å². The maximum absolute atomic E-state index is 13.0. The molecular formula is C42H69N3O31. The number of ether oxygens (including phenoxy) is 11. The Balaban J connectivity index is 1.30. The summed E-state index contributed by atoms with van der Waals surface area (Å²) in [7, 11) is 0. The van der Waals surface area contributed by atoms with E-state index >= 15 is 0 Å². The van der Waals surface area contributed by atoms with Gasteiger partial charge in [0, 0.05) is 20.8 Å². The van der Waals surface area contributed by atoms with E-state index in [1.165, 1.54) is 6.92 Å². The van der Waals surface area contributed by atoms with Crippen LogP contribution in [0.2, 0.25) is 0 Å². The monoisotopic (exact) mass is 1110 g/mol. The minimum absolute atomic E-state index is 0.782. The molecule has 34 nitrogen and oxygen atoms in total. The molecule has 0 unspecified atom stereocenters. The van der Waals surface area contributed by atoms with Gasteiger partial charge in [-0.05, 0) is 6.92 Å². The Morgan fingerprint density at radius 1 is 0.408 bits per heavy atom. The van der Waals surface area contributed by atoms with Gasteiger partial charge in [-0.15, -0.1) is 0 Å². The van der Waals surface area contributed by atoms with E-state index in [1.54, 1.807) is 0 Å². The van der Waals surface area contributed by atoms with Crippen LogP contribution in [-0.4, -0.2) is 316 Å². The summed E-state index contributed by atoms with van der Waals surface area (Å²) in [5.41, 5.74) is 0. The van der Waals surface area contributed by atoms with Crippen molar-refractivity contribution in [3.63, 3.8) is 0 Å². The summed E-state index contributed by atoms with van der Waals surface area (Å²) >= 11 is 0. The predicted octanol–water partition coefficient (Wildman–Crippen LogP) is -12.5. The van der Waals surface area contributed by atoms with E-state index in [2.05, 4.69) is 16.0 Å². The van der Waals surface area contributed by atoms with Gasteiger partial charge in [0.05, 0.1) is 32.5 Å². The average molecular weight is 1110 g/mol. The van der Waals surface area contributed by atoms with Gasteiger partial charge in [-0.25, -0.2) is 4.79 Å². The zero-order valence-electron chi connectivity index (χ0n) is 40.9. The SMILES string of the molecule is CC(=O)N[C@@H]1[C@@H](O[C@@H]2O[C@H](CO)[C@H](O)[C@H](O[C@@H]3O[C@H](C(=O)O)[C@@H](O)[C@H](O)[C@H]3O)[C@H]2O)[C@@H](O)[C@@H](CO[C@@H]2O[C@H](CO)[C@@H](O[C@@H]3O[C@@H](C)[C@@H](O)[C@@H](O)[C@@H]3O)[C@H](O[C@@H]3O[C@H](CO)[C@@H](O)[C@H](O)[C@H]3NC(C)=O)[C@H]2NC(C)=O)O[C@@H]1O. The van der Waals surface area contributed by atoms with Crippen molar-refractivity contribution in [2.45, 2.75) is 212 Å². The summed E-state index contributed by atoms with van der Waals surface area (Å²) in [6.07, 6.45) is -52.1. The summed E-state index contributed by atoms with van der Waals surface area (Å²) in [5, 5.41) is 178. The normalized spacial score (nSPS) is 48.1. The number of carboxylic acid groups (broad SMARTS) is 1. The van der Waals surface area contributed by atoms with Crippen molar-refractivity contribution in [2.75, 3.05) is 26.4 Å². The number of amides is 3. The molecule has 6 saturated heterocycles. The second-order valence-electron chi connectivity index (χ2n) is 19.0. The summed E-state index contributed by atoms with van der Waals surface area (Å²) in [6, 6.07) is -5.14. The highest BCUT2D eigenvalue weighted by Gasteiger charge is 2.58. The number of aliphatic hydroxyl groups excluding tert-OH is 15. The van der Waals surface area contributed by atoms with Crippen LogP contribution in [0.1, 0.15) is 27.7 Å². The van der Waals surface area contributed by atoms with Crippen molar-refractivity contribution in [1.29, 1.82) is 0 Å². The fourth-order valence-electron chi connectivity index (χ4n) is 9.54. The Morgan fingerprint density at radius 2 is 0.868 bits per heavy atom. The summed E-state index contributed by atoms with van der Waals surface area (Å²) < 4.78 is 63.7. The van der Waals surface area contributed by atoms with E-state index in [1.807, 2.05) is 0 Å². The molecule has 0 aromatic rings. The molecule has 30 atom stereocenters. The molecule has 6 aliphatic heterocycles. The van der Waals surface area contributed by atoms with Gasteiger partial charge in [0.2, 0.25) is 17.7 Å². The lowest BCUT2D eigenvalue weighted by molar-refractivity contribution is -0.375. The zero-order valence-corrected chi connectivity index (χ0v) is 40.9. The van der Waals surface area contributed by atoms with Gasteiger partial charge in [-0.1, -0.05) is 0 Å². The number of hydrogen-bond donors (Lipinski definition) is 19. The van der Waals surface area contributed by atoms with Crippen molar-refractivity contribution in [3.8, 4) is 0 Å². The third-order valence-electron chi connectivity index (χ3n) is 13.5. The first-order valence-corrected chi connectivity index (χ1v) is 23.9. The molecule has 6 rings (SSSR count). The number of carbonyl (C=O) groups is 4. The van der Waals surface area contributed by atoms with Crippen LogP contribution in [0.15, 0.2) is 0 Å². The number of rotatable bonds is 18. The van der Waals surface area contributed by atoms with Gasteiger partial charge in [0.25, 0.3) is 0 Å². The van der Waals surface area contributed by atoms with Crippen LogP contribution in [0.4, 0.5) is 0 Å². The highest BCUT2D eigenvalue weighted by molar-refractivity contribution is 5.74. The van der Waals surface area contributed by atoms with Gasteiger partial charge in [0.1, 0.15) is 134 Å². The quantitative estimate of drug-likeness (QED) is 0.0606. The van der Waals surface area contributed by atoms with Crippen LogP contribution < -0.4 is 16.0 Å². The first kappa shape index (κ1) is 62.0. The van der Waals surface area contributed by atoms with Gasteiger partial charge < -0.3 is 150 Å². The van der Waals surface area contributed by atoms with Crippen LogP contribution >= 0.6 is 0 Å². The van der Waals surface area contributed by atoms with Crippen LogP contribution in [0, 0.1) is 0 Å². The molecular weight excluding hydrogens is 1040 g/mol. The minimum Gasteiger partial charge on any atom is -0.479 e. The number of aliphatic hydroxyl groups is 15. The molecule has 6 heterocycles. The Hall–Kier alpha value is -3.16. The van der Waals surface area contributed by atoms with Crippen LogP contribution in [0.3, 0.4) is 0 Å². The number of aliphatic carboxylic acids is 1. The highest BCUT2D eigenvalue weighted by atomic mass is 16.8. The van der Waals surface area contributed by atoms with Crippen molar-refractivity contribution >= 4 is 23.7 Å². The smallest absolute Gasteiger partial charge is 0.335 e. The Morgan fingerprint density at radius 3 is 1.45 bits per heavy atom. The fraction of sp³-hybridized carbons (Fsp3) is 0.905. The molecule has 0 spiro atoms. The van der Waals surface area contributed by atoms with Crippen LogP contribution in [-0.2, 0) is 71.3 Å². The Kier molecular flexibility index (Phi) is 21.6. The molecule has 438 valence electrons. The van der Waals surface area contributed by atoms with Crippen LogP contribution in [0.5, 0.6) is 0 Å². The fourth-order valence-corrected chi connectivity index (χ4v) is 9.54. The zero-order chi connectivity index (χ0) is 56.4. The lowest BCUT2D eigenvalue weighted by atomic mass is 9.93. The predicted molar refractivity (Wildman–Crippen MR) is 233 cm³/mol. The molecule has 0 aromatic heterocycles. The van der Waals surface area contributed by atoms with E-state index in [-0.39, 0.29) is 0 Å². The second kappa shape index (κ2) is 26.4. The Bertz CT molecular complexity index is 1930. The van der Waals surface area contributed by atoms with Gasteiger partial charge in [0.15, 0.2) is 43.8 Å². The molecule has 0 radical (unpaired) electrons. The first-order valence-electron chi connectivity index (χ1n) is 23.9. The summed E-state index contributed by atoms with van der Waals surface area (Å²) in [6.45, 7) is 0.470. The second-order valence-corrected chi connectivity index (χ2v) is 19.0. The van der Waals surface area contributed by atoms with Crippen molar-refractivity contribution < 1.29 is 153 Å². The molecule has 3 amide bonds.